The Morgan fingerprint density at radius 2 is 2.27 bits per heavy atom. The van der Waals surface area contributed by atoms with Crippen molar-refractivity contribution in [1.29, 1.82) is 0 Å². The van der Waals surface area contributed by atoms with Gasteiger partial charge in [0.2, 0.25) is 0 Å². The van der Waals surface area contributed by atoms with Crippen LogP contribution in [0.1, 0.15) is 32.6 Å². The third-order valence-corrected chi connectivity index (χ3v) is 2.39. The molecule has 2 heteroatoms. The minimum Gasteiger partial charge on any atom is -0.469 e. The van der Waals surface area contributed by atoms with Crippen molar-refractivity contribution in [2.24, 2.45) is 11.8 Å². The first-order chi connectivity index (χ1) is 5.27. The number of hydrogen-bond acceptors (Lipinski definition) is 2. The van der Waals surface area contributed by atoms with E-state index in [0.29, 0.717) is 12.3 Å². The van der Waals surface area contributed by atoms with E-state index in [4.69, 9.17) is 0 Å². The van der Waals surface area contributed by atoms with Gasteiger partial charge >= 0.3 is 5.97 Å². The molecule has 11 heavy (non-hydrogen) atoms. The number of ether oxygens (including phenoxy) is 1. The van der Waals surface area contributed by atoms with Crippen LogP contribution in [0.5, 0.6) is 0 Å². The lowest BCUT2D eigenvalue weighted by atomic mass is 10.2. The largest absolute Gasteiger partial charge is 0.469 e. The normalized spacial score (nSPS) is 28.2. The molecule has 0 bridgehead atoms. The van der Waals surface area contributed by atoms with Gasteiger partial charge in [-0.25, -0.2) is 0 Å². The van der Waals surface area contributed by atoms with Crippen molar-refractivity contribution in [2.75, 3.05) is 7.11 Å². The maximum atomic E-state index is 10.8. The molecule has 0 saturated heterocycles. The Balaban J connectivity index is 2.08. The Morgan fingerprint density at radius 1 is 1.55 bits per heavy atom. The molecule has 0 aromatic rings. The number of esters is 1. The molecule has 1 rings (SSSR count). The number of carbonyl (C=O) groups excluding carboxylic acids is 1. The summed E-state index contributed by atoms with van der Waals surface area (Å²) in [5.41, 5.74) is 0. The summed E-state index contributed by atoms with van der Waals surface area (Å²) >= 11 is 0. The van der Waals surface area contributed by atoms with E-state index in [1.54, 1.807) is 0 Å². The summed E-state index contributed by atoms with van der Waals surface area (Å²) in [6.07, 6.45) is 4.40. The van der Waals surface area contributed by atoms with E-state index in [9.17, 15) is 4.79 Å². The molecular formula is C9H16O2. The minimum atomic E-state index is -0.0476. The van der Waals surface area contributed by atoms with Gasteiger partial charge in [-0.15, -0.1) is 0 Å². The van der Waals surface area contributed by atoms with Gasteiger partial charge < -0.3 is 4.74 Å². The van der Waals surface area contributed by atoms with Gasteiger partial charge in [-0.05, 0) is 18.3 Å². The molecule has 2 nitrogen and oxygen atoms in total. The first-order valence-corrected chi connectivity index (χ1v) is 4.34. The zero-order valence-corrected chi connectivity index (χ0v) is 7.30. The maximum absolute atomic E-state index is 10.8. The van der Waals surface area contributed by atoms with E-state index in [2.05, 4.69) is 11.7 Å². The van der Waals surface area contributed by atoms with Gasteiger partial charge in [0, 0.05) is 6.42 Å². The van der Waals surface area contributed by atoms with Gasteiger partial charge in [0.15, 0.2) is 0 Å². The smallest absolute Gasteiger partial charge is 0.305 e. The Hall–Kier alpha value is -0.530. The topological polar surface area (TPSA) is 26.3 Å². The summed E-state index contributed by atoms with van der Waals surface area (Å²) in [7, 11) is 1.46. The molecule has 0 aromatic heterocycles. The van der Waals surface area contributed by atoms with Crippen LogP contribution >= 0.6 is 0 Å². The van der Waals surface area contributed by atoms with Crippen LogP contribution in [0.25, 0.3) is 0 Å². The summed E-state index contributed by atoms with van der Waals surface area (Å²) in [5.74, 6) is 1.41. The molecule has 0 aromatic carbocycles. The number of carbonyl (C=O) groups is 1. The predicted octanol–water partition coefficient (Wildman–Crippen LogP) is 1.99. The lowest BCUT2D eigenvalue weighted by Crippen LogP contribution is -2.01. The molecule has 0 radical (unpaired) electrons. The second-order valence-electron chi connectivity index (χ2n) is 3.32. The molecule has 0 aliphatic heterocycles. The standard InChI is InChI=1S/C9H16O2/c1-3-4-7-5-8(7)6-9(10)11-2/h7-8H,3-6H2,1-2H3. The predicted molar refractivity (Wildman–Crippen MR) is 43.1 cm³/mol. The van der Waals surface area contributed by atoms with Crippen molar-refractivity contribution in [1.82, 2.24) is 0 Å². The highest BCUT2D eigenvalue weighted by atomic mass is 16.5. The number of hydrogen-bond donors (Lipinski definition) is 0. The molecule has 0 spiro atoms. The van der Waals surface area contributed by atoms with Crippen molar-refractivity contribution in [3.8, 4) is 0 Å². The molecule has 0 heterocycles. The summed E-state index contributed by atoms with van der Waals surface area (Å²) in [5, 5.41) is 0. The first-order valence-electron chi connectivity index (χ1n) is 4.34. The SMILES string of the molecule is CCCC1CC1CC(=O)OC. The van der Waals surface area contributed by atoms with Gasteiger partial charge in [0.25, 0.3) is 0 Å². The fourth-order valence-electron chi connectivity index (χ4n) is 1.58. The van der Waals surface area contributed by atoms with E-state index < -0.39 is 0 Å². The van der Waals surface area contributed by atoms with Crippen LogP contribution in [-0.4, -0.2) is 13.1 Å². The van der Waals surface area contributed by atoms with E-state index in [1.165, 1.54) is 26.4 Å². The molecule has 2 unspecified atom stereocenters. The van der Waals surface area contributed by atoms with Crippen LogP contribution in [0.15, 0.2) is 0 Å². The van der Waals surface area contributed by atoms with Crippen LogP contribution in [0.2, 0.25) is 0 Å². The molecule has 1 aliphatic rings. The fourth-order valence-corrected chi connectivity index (χ4v) is 1.58. The van der Waals surface area contributed by atoms with Crippen molar-refractivity contribution in [3.63, 3.8) is 0 Å². The average molecular weight is 156 g/mol. The zero-order chi connectivity index (χ0) is 8.27. The molecule has 0 N–H and O–H groups in total. The highest BCUT2D eigenvalue weighted by Crippen LogP contribution is 2.44. The lowest BCUT2D eigenvalue weighted by Gasteiger charge is -1.96. The van der Waals surface area contributed by atoms with E-state index >= 15 is 0 Å². The summed E-state index contributed by atoms with van der Waals surface area (Å²) in [4.78, 5) is 10.8. The monoisotopic (exact) mass is 156 g/mol. The summed E-state index contributed by atoms with van der Waals surface area (Å²) in [6.45, 7) is 2.19. The van der Waals surface area contributed by atoms with Gasteiger partial charge in [-0.3, -0.25) is 4.79 Å². The van der Waals surface area contributed by atoms with Crippen LogP contribution in [-0.2, 0) is 9.53 Å². The Labute approximate surface area is 67.9 Å². The van der Waals surface area contributed by atoms with Crippen molar-refractivity contribution < 1.29 is 9.53 Å². The van der Waals surface area contributed by atoms with Crippen LogP contribution in [0.4, 0.5) is 0 Å². The molecule has 2 atom stereocenters. The molecule has 1 saturated carbocycles. The van der Waals surface area contributed by atoms with Crippen molar-refractivity contribution >= 4 is 5.97 Å². The molecule has 0 amide bonds. The second-order valence-corrected chi connectivity index (χ2v) is 3.32. The lowest BCUT2D eigenvalue weighted by molar-refractivity contribution is -0.141. The van der Waals surface area contributed by atoms with Crippen molar-refractivity contribution in [2.45, 2.75) is 32.6 Å². The minimum absolute atomic E-state index is 0.0476. The highest BCUT2D eigenvalue weighted by molar-refractivity contribution is 5.69. The van der Waals surface area contributed by atoms with Crippen LogP contribution < -0.4 is 0 Å². The zero-order valence-electron chi connectivity index (χ0n) is 7.30. The van der Waals surface area contributed by atoms with Gasteiger partial charge in [0.05, 0.1) is 7.11 Å². The average Bonchev–Trinajstić information content (AvgIpc) is 2.69. The Kier molecular flexibility index (Phi) is 2.92. The van der Waals surface area contributed by atoms with E-state index in [0.717, 1.165) is 5.92 Å². The molecule has 1 aliphatic carbocycles. The van der Waals surface area contributed by atoms with Crippen LogP contribution in [0, 0.1) is 11.8 Å². The second kappa shape index (κ2) is 3.74. The third-order valence-electron chi connectivity index (χ3n) is 2.39. The quantitative estimate of drug-likeness (QED) is 0.582. The fraction of sp³-hybridized carbons (Fsp3) is 0.889. The summed E-state index contributed by atoms with van der Waals surface area (Å²) < 4.78 is 4.59. The maximum Gasteiger partial charge on any atom is 0.305 e. The number of rotatable bonds is 4. The summed E-state index contributed by atoms with van der Waals surface area (Å²) in [6, 6.07) is 0. The first kappa shape index (κ1) is 8.57. The van der Waals surface area contributed by atoms with Crippen LogP contribution in [0.3, 0.4) is 0 Å². The highest BCUT2D eigenvalue weighted by Gasteiger charge is 2.37. The Morgan fingerprint density at radius 3 is 2.82 bits per heavy atom. The molecule has 1 fully saturated rings. The van der Waals surface area contributed by atoms with Gasteiger partial charge in [-0.1, -0.05) is 19.8 Å². The van der Waals surface area contributed by atoms with Gasteiger partial charge in [0.1, 0.15) is 0 Å². The number of methoxy groups -OCH3 is 1. The van der Waals surface area contributed by atoms with Gasteiger partial charge in [-0.2, -0.15) is 0 Å². The van der Waals surface area contributed by atoms with Crippen molar-refractivity contribution in [3.05, 3.63) is 0 Å². The van der Waals surface area contributed by atoms with E-state index in [-0.39, 0.29) is 5.97 Å². The third kappa shape index (κ3) is 2.52. The molecule has 64 valence electrons. The van der Waals surface area contributed by atoms with E-state index in [1.807, 2.05) is 0 Å². The Bertz CT molecular complexity index is 142. The molecular weight excluding hydrogens is 140 g/mol.